The third kappa shape index (κ3) is 9.17. The van der Waals surface area contributed by atoms with Crippen molar-refractivity contribution in [2.45, 2.75) is 59.2 Å². The van der Waals surface area contributed by atoms with Gasteiger partial charge in [0.25, 0.3) is 0 Å². The first-order chi connectivity index (χ1) is 10.6. The van der Waals surface area contributed by atoms with Gasteiger partial charge in [0.1, 0.15) is 6.10 Å². The zero-order valence-electron chi connectivity index (χ0n) is 14.9. The molecule has 0 unspecified atom stereocenters. The summed E-state index contributed by atoms with van der Waals surface area (Å²) in [5.74, 6) is -0.0740. The molecule has 2 amide bonds. The zero-order valence-corrected chi connectivity index (χ0v) is 15.8. The van der Waals surface area contributed by atoms with E-state index in [1.54, 1.807) is 13.8 Å². The van der Waals surface area contributed by atoms with Crippen LogP contribution in [0.5, 0.6) is 0 Å². The fraction of sp³-hybridized carbons (Fsp3) is 0.875. The standard InChI is InChI=1S/C16H32N2O4S/c1-6-16(4,5)22-11-15(2,3)13(20)14(21)18-8-7-12(19)17-9-10-23/h13,20,23H,6-11H2,1-5H3,(H,17,19)(H,18,21)/t13-/m0/s1. The Morgan fingerprint density at radius 3 is 2.30 bits per heavy atom. The molecule has 136 valence electrons. The summed E-state index contributed by atoms with van der Waals surface area (Å²) in [5.41, 5.74) is -1.01. The summed E-state index contributed by atoms with van der Waals surface area (Å²) in [6.07, 6.45) is -0.186. The molecule has 0 heterocycles. The van der Waals surface area contributed by atoms with Crippen molar-refractivity contribution < 1.29 is 19.4 Å². The molecule has 6 nitrogen and oxygen atoms in total. The lowest BCUT2D eigenvalue weighted by molar-refractivity contribution is -0.143. The summed E-state index contributed by atoms with van der Waals surface area (Å²) in [6, 6.07) is 0. The van der Waals surface area contributed by atoms with Gasteiger partial charge in [0.15, 0.2) is 0 Å². The van der Waals surface area contributed by atoms with Crippen LogP contribution in [0.2, 0.25) is 0 Å². The van der Waals surface area contributed by atoms with Gasteiger partial charge in [-0.25, -0.2) is 0 Å². The Labute approximate surface area is 145 Å². The van der Waals surface area contributed by atoms with Crippen LogP contribution in [-0.2, 0) is 14.3 Å². The van der Waals surface area contributed by atoms with Gasteiger partial charge in [-0.3, -0.25) is 9.59 Å². The highest BCUT2D eigenvalue weighted by Gasteiger charge is 2.35. The number of rotatable bonds is 11. The van der Waals surface area contributed by atoms with E-state index in [4.69, 9.17) is 4.74 Å². The molecule has 0 rings (SSSR count). The van der Waals surface area contributed by atoms with Gasteiger partial charge in [-0.1, -0.05) is 20.8 Å². The zero-order chi connectivity index (χ0) is 18.1. The number of ether oxygens (including phenoxy) is 1. The summed E-state index contributed by atoms with van der Waals surface area (Å²) < 4.78 is 5.79. The van der Waals surface area contributed by atoms with E-state index in [9.17, 15) is 14.7 Å². The molecule has 23 heavy (non-hydrogen) atoms. The van der Waals surface area contributed by atoms with Crippen LogP contribution in [0.4, 0.5) is 0 Å². The second-order valence-electron chi connectivity index (χ2n) is 6.91. The number of nitrogens with one attached hydrogen (secondary N) is 2. The van der Waals surface area contributed by atoms with Crippen molar-refractivity contribution in [1.82, 2.24) is 10.6 Å². The Kier molecular flexibility index (Phi) is 9.80. The molecule has 1 atom stereocenters. The fourth-order valence-corrected chi connectivity index (χ4v) is 1.71. The summed E-state index contributed by atoms with van der Waals surface area (Å²) in [4.78, 5) is 23.4. The van der Waals surface area contributed by atoms with Crippen LogP contribution in [0, 0.1) is 5.41 Å². The Morgan fingerprint density at radius 2 is 1.78 bits per heavy atom. The second kappa shape index (κ2) is 10.2. The lowest BCUT2D eigenvalue weighted by Gasteiger charge is -2.33. The summed E-state index contributed by atoms with van der Waals surface area (Å²) in [5, 5.41) is 15.5. The van der Waals surface area contributed by atoms with Crippen LogP contribution in [0.25, 0.3) is 0 Å². The van der Waals surface area contributed by atoms with Crippen molar-refractivity contribution in [2.75, 3.05) is 25.4 Å². The molecule has 0 aliphatic carbocycles. The molecule has 0 spiro atoms. The minimum absolute atomic E-state index is 0.152. The number of aliphatic hydroxyl groups excluding tert-OH is 1. The van der Waals surface area contributed by atoms with Gasteiger partial charge >= 0.3 is 0 Å². The third-order valence-electron chi connectivity index (χ3n) is 3.76. The van der Waals surface area contributed by atoms with Gasteiger partial charge in [-0.05, 0) is 20.3 Å². The molecular weight excluding hydrogens is 316 g/mol. The maximum absolute atomic E-state index is 12.0. The highest BCUT2D eigenvalue weighted by Crippen LogP contribution is 2.25. The Hall–Kier alpha value is -0.790. The van der Waals surface area contributed by atoms with Crippen LogP contribution < -0.4 is 10.6 Å². The molecule has 0 saturated heterocycles. The average molecular weight is 349 g/mol. The Balaban J connectivity index is 4.27. The van der Waals surface area contributed by atoms with Crippen molar-refractivity contribution in [3.63, 3.8) is 0 Å². The molecule has 0 fully saturated rings. The van der Waals surface area contributed by atoms with E-state index in [1.165, 1.54) is 0 Å². The summed E-state index contributed by atoms with van der Waals surface area (Å²) in [6.45, 7) is 10.5. The van der Waals surface area contributed by atoms with Crippen molar-refractivity contribution in [1.29, 1.82) is 0 Å². The molecule has 0 aromatic carbocycles. The van der Waals surface area contributed by atoms with Crippen molar-refractivity contribution in [3.05, 3.63) is 0 Å². The molecule has 0 aliphatic heterocycles. The minimum atomic E-state index is -1.20. The van der Waals surface area contributed by atoms with E-state index in [0.29, 0.717) is 12.3 Å². The molecule has 0 aromatic heterocycles. The number of hydrogen-bond donors (Lipinski definition) is 4. The molecular formula is C16H32N2O4S. The number of thiol groups is 1. The molecule has 0 radical (unpaired) electrons. The summed E-state index contributed by atoms with van der Waals surface area (Å²) in [7, 11) is 0. The predicted octanol–water partition coefficient (Wildman–Crippen LogP) is 1.13. The highest BCUT2D eigenvalue weighted by atomic mass is 32.1. The number of amides is 2. The van der Waals surface area contributed by atoms with Crippen LogP contribution in [0.1, 0.15) is 47.5 Å². The van der Waals surface area contributed by atoms with Gasteiger partial charge in [0.2, 0.25) is 11.8 Å². The first-order valence-corrected chi connectivity index (χ1v) is 8.66. The first-order valence-electron chi connectivity index (χ1n) is 8.03. The molecule has 0 bridgehead atoms. The molecule has 0 aromatic rings. The SMILES string of the molecule is CCC(C)(C)OCC(C)(C)[C@@H](O)C(=O)NCCC(=O)NCCS. The van der Waals surface area contributed by atoms with Gasteiger partial charge < -0.3 is 20.5 Å². The topological polar surface area (TPSA) is 87.7 Å². The predicted molar refractivity (Wildman–Crippen MR) is 94.6 cm³/mol. The van der Waals surface area contributed by atoms with Gasteiger partial charge in [-0.15, -0.1) is 0 Å². The van der Waals surface area contributed by atoms with Gasteiger partial charge in [0.05, 0.1) is 12.2 Å². The average Bonchev–Trinajstić information content (AvgIpc) is 2.50. The lowest BCUT2D eigenvalue weighted by Crippen LogP contribution is -2.47. The van der Waals surface area contributed by atoms with Crippen molar-refractivity contribution in [3.8, 4) is 0 Å². The van der Waals surface area contributed by atoms with E-state index in [2.05, 4.69) is 23.3 Å². The van der Waals surface area contributed by atoms with Crippen molar-refractivity contribution in [2.24, 2.45) is 5.41 Å². The second-order valence-corrected chi connectivity index (χ2v) is 7.35. The van der Waals surface area contributed by atoms with Crippen LogP contribution >= 0.6 is 12.6 Å². The molecule has 0 aliphatic rings. The highest BCUT2D eigenvalue weighted by molar-refractivity contribution is 7.80. The van der Waals surface area contributed by atoms with Gasteiger partial charge in [0, 0.05) is 30.7 Å². The van der Waals surface area contributed by atoms with E-state index >= 15 is 0 Å². The van der Waals surface area contributed by atoms with Crippen LogP contribution in [-0.4, -0.2) is 54.1 Å². The van der Waals surface area contributed by atoms with E-state index in [1.807, 2.05) is 20.8 Å². The number of carbonyl (C=O) groups excluding carboxylic acids is 2. The van der Waals surface area contributed by atoms with E-state index in [-0.39, 0.29) is 31.1 Å². The third-order valence-corrected chi connectivity index (χ3v) is 3.98. The van der Waals surface area contributed by atoms with E-state index < -0.39 is 17.4 Å². The smallest absolute Gasteiger partial charge is 0.249 e. The van der Waals surface area contributed by atoms with Crippen LogP contribution in [0.3, 0.4) is 0 Å². The Morgan fingerprint density at radius 1 is 1.17 bits per heavy atom. The molecule has 3 N–H and O–H groups in total. The Bertz CT molecular complexity index is 386. The van der Waals surface area contributed by atoms with Crippen molar-refractivity contribution >= 4 is 24.4 Å². The molecule has 7 heteroatoms. The van der Waals surface area contributed by atoms with Crippen LogP contribution in [0.15, 0.2) is 0 Å². The lowest BCUT2D eigenvalue weighted by atomic mass is 9.86. The quantitative estimate of drug-likeness (QED) is 0.422. The fourth-order valence-electron chi connectivity index (χ4n) is 1.60. The first kappa shape index (κ1) is 22.2. The van der Waals surface area contributed by atoms with Gasteiger partial charge in [-0.2, -0.15) is 12.6 Å². The number of carbonyl (C=O) groups is 2. The largest absolute Gasteiger partial charge is 0.383 e. The minimum Gasteiger partial charge on any atom is -0.383 e. The monoisotopic (exact) mass is 348 g/mol. The maximum atomic E-state index is 12.0. The number of hydrogen-bond acceptors (Lipinski definition) is 5. The van der Waals surface area contributed by atoms with E-state index in [0.717, 1.165) is 6.42 Å². The normalized spacial score (nSPS) is 13.5. The molecule has 0 saturated carbocycles. The number of aliphatic hydroxyl groups is 1. The summed E-state index contributed by atoms with van der Waals surface area (Å²) >= 11 is 4.00. The maximum Gasteiger partial charge on any atom is 0.249 e.